The molecule has 0 bridgehead atoms. The zero-order valence-electron chi connectivity index (χ0n) is 19.0. The van der Waals surface area contributed by atoms with Crippen molar-refractivity contribution in [3.8, 4) is 11.5 Å². The number of rotatable bonds is 11. The fraction of sp³-hybridized carbons (Fsp3) is 0.440. The van der Waals surface area contributed by atoms with E-state index in [9.17, 15) is 14.7 Å². The number of hydrogen-bond donors (Lipinski definition) is 2. The maximum Gasteiger partial charge on any atom is 0.412 e. The van der Waals surface area contributed by atoms with Gasteiger partial charge in [-0.05, 0) is 32.6 Å². The number of amides is 1. The molecule has 2 N–H and O–H groups in total. The minimum absolute atomic E-state index is 0.0673. The number of hydrogen-bond acceptors (Lipinski definition) is 7. The summed E-state index contributed by atoms with van der Waals surface area (Å²) < 4.78 is 22.0. The molecule has 0 heterocycles. The Morgan fingerprint density at radius 2 is 1.67 bits per heavy atom. The number of carbonyl (C=O) groups excluding carboxylic acids is 2. The molecule has 2 aromatic carbocycles. The molecule has 0 spiro atoms. The molecule has 1 aliphatic carbocycles. The summed E-state index contributed by atoms with van der Waals surface area (Å²) in [5.41, 5.74) is 2.37. The third kappa shape index (κ3) is 6.46. The van der Waals surface area contributed by atoms with Crippen LogP contribution in [0.2, 0.25) is 0 Å². The quantitative estimate of drug-likeness (QED) is 0.303. The molecule has 1 aliphatic rings. The fourth-order valence-electron chi connectivity index (χ4n) is 3.81. The molecule has 0 aliphatic heterocycles. The largest absolute Gasteiger partial charge is 0.490 e. The summed E-state index contributed by atoms with van der Waals surface area (Å²) in [6.07, 6.45) is 3.11. The Labute approximate surface area is 193 Å². The molecular formula is C25H31NO7. The number of benzene rings is 2. The Morgan fingerprint density at radius 3 is 2.33 bits per heavy atom. The predicted molar refractivity (Wildman–Crippen MR) is 124 cm³/mol. The monoisotopic (exact) mass is 457 g/mol. The zero-order valence-corrected chi connectivity index (χ0v) is 19.0. The Hall–Kier alpha value is -3.10. The molecular weight excluding hydrogens is 426 g/mol. The summed E-state index contributed by atoms with van der Waals surface area (Å²) in [4.78, 5) is 23.8. The zero-order chi connectivity index (χ0) is 23.6. The molecule has 0 saturated carbocycles. The van der Waals surface area contributed by atoms with Gasteiger partial charge in [0.15, 0.2) is 0 Å². The van der Waals surface area contributed by atoms with Gasteiger partial charge in [-0.3, -0.25) is 0 Å². The van der Waals surface area contributed by atoms with Crippen molar-refractivity contribution in [1.82, 2.24) is 5.32 Å². The number of esters is 1. The second kappa shape index (κ2) is 12.2. The lowest BCUT2D eigenvalue weighted by Gasteiger charge is -2.25. The molecule has 0 atom stereocenters. The van der Waals surface area contributed by atoms with Crippen molar-refractivity contribution in [1.29, 1.82) is 0 Å². The summed E-state index contributed by atoms with van der Waals surface area (Å²) in [6, 6.07) is 7.66. The van der Waals surface area contributed by atoms with Gasteiger partial charge in [0.1, 0.15) is 24.7 Å². The highest BCUT2D eigenvalue weighted by molar-refractivity contribution is 5.97. The molecule has 178 valence electrons. The van der Waals surface area contributed by atoms with E-state index in [2.05, 4.69) is 11.9 Å². The minimum Gasteiger partial charge on any atom is -0.490 e. The van der Waals surface area contributed by atoms with Crippen LogP contribution in [0.15, 0.2) is 36.4 Å². The highest BCUT2D eigenvalue weighted by Gasteiger charge is 2.25. The molecule has 3 rings (SSSR count). The van der Waals surface area contributed by atoms with E-state index in [0.717, 1.165) is 53.3 Å². The first-order valence-corrected chi connectivity index (χ1v) is 11.2. The molecule has 8 heteroatoms. The second-order valence-corrected chi connectivity index (χ2v) is 7.79. The van der Waals surface area contributed by atoms with Gasteiger partial charge >= 0.3 is 12.1 Å². The van der Waals surface area contributed by atoms with Crippen LogP contribution in [-0.4, -0.2) is 56.7 Å². The van der Waals surface area contributed by atoms with E-state index in [1.54, 1.807) is 6.92 Å². The number of fused-ring (bicyclic) bond motifs is 2. The van der Waals surface area contributed by atoms with Crippen LogP contribution >= 0.6 is 0 Å². The van der Waals surface area contributed by atoms with Gasteiger partial charge < -0.3 is 29.4 Å². The third-order valence-corrected chi connectivity index (χ3v) is 5.29. The first-order chi connectivity index (χ1) is 16.0. The van der Waals surface area contributed by atoms with Gasteiger partial charge in [0.2, 0.25) is 0 Å². The average molecular weight is 458 g/mol. The average Bonchev–Trinajstić information content (AvgIpc) is 2.82. The molecule has 33 heavy (non-hydrogen) atoms. The Morgan fingerprint density at radius 1 is 1.00 bits per heavy atom. The molecule has 1 amide bonds. The van der Waals surface area contributed by atoms with Gasteiger partial charge in [-0.15, -0.1) is 0 Å². The van der Waals surface area contributed by atoms with E-state index in [4.69, 9.17) is 18.9 Å². The molecule has 0 unspecified atom stereocenters. The fourth-order valence-corrected chi connectivity index (χ4v) is 3.81. The lowest BCUT2D eigenvalue weighted by Crippen LogP contribution is -2.31. The van der Waals surface area contributed by atoms with Gasteiger partial charge in [0.25, 0.3) is 0 Å². The maximum absolute atomic E-state index is 12.5. The number of aliphatic hydroxyl groups is 1. The standard InChI is InChI=1S/C25H31NO7/c1-17(2)24(28)32-16-15-30-13-11-26-25(29)33-23-20-9-5-3-7-18(20)22(31-14-12-27)19-8-4-6-10-21(19)23/h3,5,7,9,27H,1,4,6,8,10-16H2,2H3,(H,26,29). The second-order valence-electron chi connectivity index (χ2n) is 7.79. The van der Waals surface area contributed by atoms with Crippen LogP contribution in [0.3, 0.4) is 0 Å². The van der Waals surface area contributed by atoms with Gasteiger partial charge in [-0.2, -0.15) is 0 Å². The summed E-state index contributed by atoms with van der Waals surface area (Å²) in [6.45, 7) is 6.09. The summed E-state index contributed by atoms with van der Waals surface area (Å²) in [5.74, 6) is 0.869. The van der Waals surface area contributed by atoms with Crippen LogP contribution in [0.4, 0.5) is 4.79 Å². The van der Waals surface area contributed by atoms with Crippen molar-refractivity contribution in [2.45, 2.75) is 32.6 Å². The maximum atomic E-state index is 12.5. The van der Waals surface area contributed by atoms with Gasteiger partial charge in [0, 0.05) is 34.0 Å². The molecule has 0 fully saturated rings. The van der Waals surface area contributed by atoms with Crippen molar-refractivity contribution in [3.05, 3.63) is 47.5 Å². The van der Waals surface area contributed by atoms with Gasteiger partial charge in [0.05, 0.1) is 19.8 Å². The van der Waals surface area contributed by atoms with Crippen molar-refractivity contribution >= 4 is 22.8 Å². The van der Waals surface area contributed by atoms with Crippen molar-refractivity contribution in [2.24, 2.45) is 0 Å². The Balaban J connectivity index is 1.62. The van der Waals surface area contributed by atoms with E-state index < -0.39 is 12.1 Å². The van der Waals surface area contributed by atoms with Crippen LogP contribution in [0.1, 0.15) is 30.9 Å². The summed E-state index contributed by atoms with van der Waals surface area (Å²) in [7, 11) is 0. The smallest absolute Gasteiger partial charge is 0.412 e. The highest BCUT2D eigenvalue weighted by Crippen LogP contribution is 2.44. The normalized spacial score (nSPS) is 12.7. The van der Waals surface area contributed by atoms with Gasteiger partial charge in [-0.1, -0.05) is 30.8 Å². The van der Waals surface area contributed by atoms with Crippen LogP contribution in [0, 0.1) is 0 Å². The van der Waals surface area contributed by atoms with Crippen LogP contribution in [0.25, 0.3) is 10.8 Å². The van der Waals surface area contributed by atoms with E-state index in [1.165, 1.54) is 0 Å². The van der Waals surface area contributed by atoms with E-state index in [-0.39, 0.29) is 39.6 Å². The third-order valence-electron chi connectivity index (χ3n) is 5.29. The Bertz CT molecular complexity index is 1000. The van der Waals surface area contributed by atoms with Crippen molar-refractivity contribution in [3.63, 3.8) is 0 Å². The molecule has 0 aromatic heterocycles. The van der Waals surface area contributed by atoms with Crippen LogP contribution < -0.4 is 14.8 Å². The van der Waals surface area contributed by atoms with Crippen molar-refractivity contribution in [2.75, 3.05) is 39.6 Å². The molecule has 0 saturated heterocycles. The minimum atomic E-state index is -0.561. The number of aliphatic hydroxyl groups excluding tert-OH is 1. The first kappa shape index (κ1) is 24.5. The van der Waals surface area contributed by atoms with E-state index >= 15 is 0 Å². The van der Waals surface area contributed by atoms with E-state index in [0.29, 0.717) is 11.3 Å². The molecule has 2 aromatic rings. The number of ether oxygens (including phenoxy) is 4. The summed E-state index contributed by atoms with van der Waals surface area (Å²) >= 11 is 0. The van der Waals surface area contributed by atoms with Crippen LogP contribution in [0.5, 0.6) is 11.5 Å². The van der Waals surface area contributed by atoms with Gasteiger partial charge in [-0.25, -0.2) is 9.59 Å². The first-order valence-electron chi connectivity index (χ1n) is 11.2. The van der Waals surface area contributed by atoms with E-state index in [1.807, 2.05) is 24.3 Å². The lowest BCUT2D eigenvalue weighted by molar-refractivity contribution is -0.140. The SMILES string of the molecule is C=C(C)C(=O)OCCOCCNC(=O)Oc1c2c(c(OCCO)c3ccccc13)CCCC2. The molecule has 0 radical (unpaired) electrons. The summed E-state index contributed by atoms with van der Waals surface area (Å²) in [5, 5.41) is 13.6. The number of carbonyl (C=O) groups is 2. The Kier molecular flexibility index (Phi) is 9.09. The van der Waals surface area contributed by atoms with Crippen molar-refractivity contribution < 1.29 is 33.6 Å². The highest BCUT2D eigenvalue weighted by atomic mass is 16.6. The van der Waals surface area contributed by atoms with Crippen LogP contribution in [-0.2, 0) is 27.1 Å². The topological polar surface area (TPSA) is 103 Å². The number of nitrogens with one attached hydrogen (secondary N) is 1. The lowest BCUT2D eigenvalue weighted by atomic mass is 9.87. The molecule has 8 nitrogen and oxygen atoms in total. The predicted octanol–water partition coefficient (Wildman–Crippen LogP) is 3.31.